The molecule has 1 unspecified atom stereocenters. The fraction of sp³-hybridized carbons (Fsp3) is 0.353. The number of methoxy groups -OCH3 is 1. The standard InChI is InChI=1S/C17H22N4O2/c1-3-14(13-7-4-5-8-15(13)23-2)21-16(22)9-12-20-17-18-10-6-11-19-17/h4-8,10-11,14H,3,9,12H2,1-2H3,(H,21,22)(H,18,19,20). The molecule has 0 aliphatic carbocycles. The highest BCUT2D eigenvalue weighted by Crippen LogP contribution is 2.26. The summed E-state index contributed by atoms with van der Waals surface area (Å²) < 4.78 is 5.37. The smallest absolute Gasteiger partial charge is 0.222 e. The highest BCUT2D eigenvalue weighted by atomic mass is 16.5. The van der Waals surface area contributed by atoms with Crippen LogP contribution in [0.5, 0.6) is 5.75 Å². The molecule has 1 aromatic heterocycles. The highest BCUT2D eigenvalue weighted by Gasteiger charge is 2.16. The number of nitrogens with one attached hydrogen (secondary N) is 2. The molecule has 2 N–H and O–H groups in total. The summed E-state index contributed by atoms with van der Waals surface area (Å²) in [4.78, 5) is 20.2. The lowest BCUT2D eigenvalue weighted by molar-refractivity contribution is -0.121. The lowest BCUT2D eigenvalue weighted by Crippen LogP contribution is -2.29. The van der Waals surface area contributed by atoms with E-state index in [0.717, 1.165) is 17.7 Å². The van der Waals surface area contributed by atoms with Crippen molar-refractivity contribution in [3.63, 3.8) is 0 Å². The predicted molar refractivity (Wildman–Crippen MR) is 89.3 cm³/mol. The number of anilines is 1. The average molecular weight is 314 g/mol. The van der Waals surface area contributed by atoms with Gasteiger partial charge >= 0.3 is 0 Å². The van der Waals surface area contributed by atoms with Crippen molar-refractivity contribution in [3.8, 4) is 5.75 Å². The first-order valence-corrected chi connectivity index (χ1v) is 7.67. The van der Waals surface area contributed by atoms with Gasteiger partial charge < -0.3 is 15.4 Å². The maximum Gasteiger partial charge on any atom is 0.222 e. The van der Waals surface area contributed by atoms with Crippen LogP contribution in [0.1, 0.15) is 31.4 Å². The van der Waals surface area contributed by atoms with Crippen molar-refractivity contribution in [3.05, 3.63) is 48.3 Å². The maximum atomic E-state index is 12.1. The number of rotatable bonds is 8. The minimum Gasteiger partial charge on any atom is -0.496 e. The fourth-order valence-electron chi connectivity index (χ4n) is 2.30. The van der Waals surface area contributed by atoms with E-state index < -0.39 is 0 Å². The van der Waals surface area contributed by atoms with E-state index in [1.54, 1.807) is 25.6 Å². The normalized spacial score (nSPS) is 11.6. The molecule has 1 amide bonds. The summed E-state index contributed by atoms with van der Waals surface area (Å²) in [6.07, 6.45) is 4.46. The Balaban J connectivity index is 1.87. The van der Waals surface area contributed by atoms with E-state index in [4.69, 9.17) is 4.74 Å². The van der Waals surface area contributed by atoms with Crippen molar-refractivity contribution in [1.29, 1.82) is 0 Å². The van der Waals surface area contributed by atoms with E-state index >= 15 is 0 Å². The zero-order valence-electron chi connectivity index (χ0n) is 13.5. The highest BCUT2D eigenvalue weighted by molar-refractivity contribution is 5.77. The molecule has 0 bridgehead atoms. The lowest BCUT2D eigenvalue weighted by Gasteiger charge is -2.20. The monoisotopic (exact) mass is 314 g/mol. The summed E-state index contributed by atoms with van der Waals surface area (Å²) in [6, 6.07) is 9.42. The molecule has 1 atom stereocenters. The van der Waals surface area contributed by atoms with Gasteiger partial charge in [-0.1, -0.05) is 25.1 Å². The van der Waals surface area contributed by atoms with Crippen molar-refractivity contribution >= 4 is 11.9 Å². The molecule has 0 radical (unpaired) electrons. The molecule has 0 fully saturated rings. The molecule has 122 valence electrons. The molecule has 6 heteroatoms. The van der Waals surface area contributed by atoms with Gasteiger partial charge in [-0.25, -0.2) is 9.97 Å². The van der Waals surface area contributed by atoms with Gasteiger partial charge in [0.25, 0.3) is 0 Å². The number of hydrogen-bond acceptors (Lipinski definition) is 5. The third-order valence-electron chi connectivity index (χ3n) is 3.46. The van der Waals surface area contributed by atoms with Crippen LogP contribution in [-0.2, 0) is 4.79 Å². The van der Waals surface area contributed by atoms with Gasteiger partial charge in [0.05, 0.1) is 13.2 Å². The Labute approximate surface area is 136 Å². The summed E-state index contributed by atoms with van der Waals surface area (Å²) in [5.74, 6) is 1.29. The number of benzene rings is 1. The lowest BCUT2D eigenvalue weighted by atomic mass is 10.0. The maximum absolute atomic E-state index is 12.1. The summed E-state index contributed by atoms with van der Waals surface area (Å²) >= 11 is 0. The quantitative estimate of drug-likeness (QED) is 0.783. The minimum absolute atomic E-state index is 0.0220. The van der Waals surface area contributed by atoms with Crippen molar-refractivity contribution in [1.82, 2.24) is 15.3 Å². The van der Waals surface area contributed by atoms with Crippen LogP contribution in [-0.4, -0.2) is 29.5 Å². The molecule has 0 saturated carbocycles. The Kier molecular flexibility index (Phi) is 6.35. The van der Waals surface area contributed by atoms with Gasteiger partial charge in [-0.05, 0) is 18.6 Å². The Morgan fingerprint density at radius 1 is 1.22 bits per heavy atom. The van der Waals surface area contributed by atoms with Crippen molar-refractivity contribution in [2.45, 2.75) is 25.8 Å². The van der Waals surface area contributed by atoms with Crippen molar-refractivity contribution in [2.75, 3.05) is 19.0 Å². The van der Waals surface area contributed by atoms with Crippen LogP contribution >= 0.6 is 0 Å². The molecular formula is C17H22N4O2. The van der Waals surface area contributed by atoms with E-state index in [0.29, 0.717) is 18.9 Å². The molecule has 2 rings (SSSR count). The first kappa shape index (κ1) is 16.7. The SMILES string of the molecule is CCC(NC(=O)CCNc1ncccn1)c1ccccc1OC. The van der Waals surface area contributed by atoms with Crippen molar-refractivity contribution < 1.29 is 9.53 Å². The topological polar surface area (TPSA) is 76.1 Å². The zero-order valence-corrected chi connectivity index (χ0v) is 13.5. The molecule has 2 aromatic rings. The summed E-state index contributed by atoms with van der Waals surface area (Å²) in [7, 11) is 1.64. The number of carbonyl (C=O) groups excluding carboxylic acids is 1. The first-order valence-electron chi connectivity index (χ1n) is 7.67. The second-order valence-electron chi connectivity index (χ2n) is 5.02. The fourth-order valence-corrected chi connectivity index (χ4v) is 2.30. The predicted octanol–water partition coefficient (Wildman–Crippen LogP) is 2.55. The Morgan fingerprint density at radius 3 is 2.65 bits per heavy atom. The summed E-state index contributed by atoms with van der Waals surface area (Å²) in [6.45, 7) is 2.52. The second kappa shape index (κ2) is 8.73. The van der Waals surface area contributed by atoms with Crippen molar-refractivity contribution in [2.24, 2.45) is 0 Å². The van der Waals surface area contributed by atoms with E-state index in [1.165, 1.54) is 0 Å². The van der Waals surface area contributed by atoms with Crippen LogP contribution in [0.15, 0.2) is 42.7 Å². The summed E-state index contributed by atoms with van der Waals surface area (Å²) in [5, 5.41) is 6.07. The molecule has 6 nitrogen and oxygen atoms in total. The van der Waals surface area contributed by atoms with Crippen LogP contribution in [0.25, 0.3) is 0 Å². The molecular weight excluding hydrogens is 292 g/mol. The molecule has 0 aliphatic rings. The van der Waals surface area contributed by atoms with Crippen LogP contribution < -0.4 is 15.4 Å². The van der Waals surface area contributed by atoms with Crippen LogP contribution in [0.2, 0.25) is 0 Å². The number of carbonyl (C=O) groups is 1. The van der Waals surface area contributed by atoms with E-state index in [-0.39, 0.29) is 11.9 Å². The number of nitrogens with zero attached hydrogens (tertiary/aromatic N) is 2. The van der Waals surface area contributed by atoms with Crippen LogP contribution in [0, 0.1) is 0 Å². The molecule has 1 heterocycles. The Hall–Kier alpha value is -2.63. The number of amides is 1. The average Bonchev–Trinajstić information content (AvgIpc) is 2.60. The number of aromatic nitrogens is 2. The third kappa shape index (κ3) is 4.95. The minimum atomic E-state index is -0.0633. The van der Waals surface area contributed by atoms with Gasteiger partial charge in [-0.2, -0.15) is 0 Å². The number of hydrogen-bond donors (Lipinski definition) is 2. The molecule has 23 heavy (non-hydrogen) atoms. The Morgan fingerprint density at radius 2 is 1.96 bits per heavy atom. The molecule has 0 saturated heterocycles. The number of para-hydroxylation sites is 1. The van der Waals surface area contributed by atoms with E-state index in [9.17, 15) is 4.79 Å². The zero-order chi connectivity index (χ0) is 16.5. The van der Waals surface area contributed by atoms with E-state index in [2.05, 4.69) is 20.6 Å². The second-order valence-corrected chi connectivity index (χ2v) is 5.02. The van der Waals surface area contributed by atoms with Gasteiger partial charge in [-0.3, -0.25) is 4.79 Å². The largest absolute Gasteiger partial charge is 0.496 e. The van der Waals surface area contributed by atoms with Gasteiger partial charge in [-0.15, -0.1) is 0 Å². The van der Waals surface area contributed by atoms with Gasteiger partial charge in [0.2, 0.25) is 11.9 Å². The summed E-state index contributed by atoms with van der Waals surface area (Å²) in [5.41, 5.74) is 0.991. The van der Waals surface area contributed by atoms with Gasteiger partial charge in [0.1, 0.15) is 5.75 Å². The molecule has 0 spiro atoms. The number of ether oxygens (including phenoxy) is 1. The van der Waals surface area contributed by atoms with Gasteiger partial charge in [0.15, 0.2) is 0 Å². The first-order chi connectivity index (χ1) is 11.2. The molecule has 1 aromatic carbocycles. The van der Waals surface area contributed by atoms with E-state index in [1.807, 2.05) is 31.2 Å². The Bertz CT molecular complexity index is 619. The third-order valence-corrected chi connectivity index (χ3v) is 3.46. The van der Waals surface area contributed by atoms with Gasteiger partial charge in [0, 0.05) is 30.9 Å². The van der Waals surface area contributed by atoms with Crippen LogP contribution in [0.4, 0.5) is 5.95 Å². The molecule has 0 aliphatic heterocycles. The van der Waals surface area contributed by atoms with Crippen LogP contribution in [0.3, 0.4) is 0 Å².